The molecule has 368 valence electrons. The van der Waals surface area contributed by atoms with Gasteiger partial charge in [-0.3, -0.25) is 0 Å². The first-order valence-electron chi connectivity index (χ1n) is 27.5. The van der Waals surface area contributed by atoms with Crippen molar-refractivity contribution in [3.05, 3.63) is 301 Å². The molecule has 4 nitrogen and oxygen atoms in total. The van der Waals surface area contributed by atoms with Gasteiger partial charge in [0.25, 0.3) is 0 Å². The quantitative estimate of drug-likeness (QED) is 0.142. The maximum atomic E-state index is 6.85. The Balaban J connectivity index is 1.04. The largest absolute Gasteiger partial charge is 0.456 e. The number of furan rings is 1. The average molecular weight is 998 g/mol. The molecule has 11 aromatic rings. The van der Waals surface area contributed by atoms with Crippen molar-refractivity contribution in [1.82, 2.24) is 0 Å². The monoisotopic (exact) mass is 997 g/mol. The van der Waals surface area contributed by atoms with Gasteiger partial charge in [-0.1, -0.05) is 206 Å². The first-order chi connectivity index (χ1) is 38.7. The molecule has 16 rings (SSSR count). The number of hydrogen-bond donors (Lipinski definition) is 0. The second-order valence-electron chi connectivity index (χ2n) is 21.4. The summed E-state index contributed by atoms with van der Waals surface area (Å²) in [6.45, 7) is -0.171. The Morgan fingerprint density at radius 1 is 0.500 bits per heavy atom. The standard InChI is InChI=1S/C73H52BN3O/c1-6-23-49(24-7-1)51-27-20-35-56(43-51)75(57-36-21-28-52(44-57)50-25-8-2-9-26-50)58-45-62-60-48-70-61(59-37-16-19-42-69(59)78-70)47-67(60)77(55-33-14-5-15-34-55)74-65-40-22-39-64-72(65)76(68(46-58)71(62)74)66-41-18-17-38-63(66)73(64,53-29-10-3-11-30-53)54-31-12-4-13-32-54/h1-12,14-31,33-38,40-48,64H,13,32,39H2. The number of allylic oxidation sites excluding steroid dienone is 8. The first-order valence-corrected chi connectivity index (χ1v) is 27.5. The average Bonchev–Trinajstić information content (AvgIpc) is 3.75. The minimum atomic E-state index is -0.434. The number of hydrogen-bond acceptors (Lipinski definition) is 4. The molecular formula is C73H52BN3O. The molecule has 0 saturated heterocycles. The van der Waals surface area contributed by atoms with E-state index in [0.29, 0.717) is 0 Å². The molecule has 0 radical (unpaired) electrons. The highest BCUT2D eigenvalue weighted by Crippen LogP contribution is 2.63. The highest BCUT2D eigenvalue weighted by atomic mass is 16.3. The van der Waals surface area contributed by atoms with Crippen LogP contribution in [0.4, 0.5) is 39.8 Å². The Hall–Kier alpha value is -9.58. The SMILES string of the molecule is C1=CCCC(C2(c3ccccc3)c3ccccc3N3C4=C(C=CCC42)B2c4c(cc(N(c5cccc(-c6ccccc6)c5)c5cccc(-c6ccccc6)c5)cc43)-c3cc4oc5ccccc5c4cc3N2c2ccccc2)=C1. The molecule has 5 aliphatic rings. The van der Waals surface area contributed by atoms with Crippen molar-refractivity contribution in [2.75, 3.05) is 14.6 Å². The van der Waals surface area contributed by atoms with Crippen molar-refractivity contribution >= 4 is 74.1 Å². The summed E-state index contributed by atoms with van der Waals surface area (Å²) in [5, 5.41) is 2.23. The van der Waals surface area contributed by atoms with Crippen LogP contribution in [0.5, 0.6) is 0 Å². The third-order valence-electron chi connectivity index (χ3n) is 17.3. The van der Waals surface area contributed by atoms with Gasteiger partial charge >= 0.3 is 6.85 Å². The van der Waals surface area contributed by atoms with Crippen molar-refractivity contribution in [2.24, 2.45) is 5.92 Å². The zero-order valence-electron chi connectivity index (χ0n) is 43.0. The van der Waals surface area contributed by atoms with Crippen LogP contribution in [0.25, 0.3) is 55.3 Å². The van der Waals surface area contributed by atoms with E-state index in [2.05, 4.69) is 288 Å². The molecule has 78 heavy (non-hydrogen) atoms. The molecule has 10 aromatic carbocycles. The van der Waals surface area contributed by atoms with Crippen LogP contribution in [0.2, 0.25) is 0 Å². The van der Waals surface area contributed by atoms with Gasteiger partial charge in [-0.25, -0.2) is 0 Å². The van der Waals surface area contributed by atoms with Crippen LogP contribution in [0, 0.1) is 5.92 Å². The fourth-order valence-corrected chi connectivity index (χ4v) is 14.2. The summed E-state index contributed by atoms with van der Waals surface area (Å²) in [5.41, 5.74) is 24.5. The number of anilines is 7. The van der Waals surface area contributed by atoms with Crippen molar-refractivity contribution in [2.45, 2.75) is 24.7 Å². The predicted molar refractivity (Wildman–Crippen MR) is 325 cm³/mol. The zero-order chi connectivity index (χ0) is 51.3. The molecule has 2 aliphatic carbocycles. The molecule has 3 aliphatic heterocycles. The van der Waals surface area contributed by atoms with Gasteiger partial charge in [-0.05, 0) is 142 Å². The Bertz CT molecular complexity index is 4250. The molecule has 0 spiro atoms. The van der Waals surface area contributed by atoms with E-state index in [1.807, 2.05) is 0 Å². The highest BCUT2D eigenvalue weighted by molar-refractivity contribution is 6.88. The van der Waals surface area contributed by atoms with Crippen molar-refractivity contribution in [3.8, 4) is 33.4 Å². The van der Waals surface area contributed by atoms with Crippen molar-refractivity contribution < 1.29 is 4.42 Å². The summed E-state index contributed by atoms with van der Waals surface area (Å²) in [7, 11) is 0. The van der Waals surface area contributed by atoms with E-state index in [0.717, 1.165) is 86.3 Å². The lowest BCUT2D eigenvalue weighted by molar-refractivity contribution is 0.389. The van der Waals surface area contributed by atoms with Crippen LogP contribution in [0.3, 0.4) is 0 Å². The summed E-state index contributed by atoms with van der Waals surface area (Å²) in [6, 6.07) is 89.9. The van der Waals surface area contributed by atoms with E-state index in [1.165, 1.54) is 61.4 Å². The van der Waals surface area contributed by atoms with Gasteiger partial charge in [-0.2, -0.15) is 0 Å². The van der Waals surface area contributed by atoms with E-state index in [-0.39, 0.29) is 12.8 Å². The lowest BCUT2D eigenvalue weighted by Gasteiger charge is -2.57. The fourth-order valence-electron chi connectivity index (χ4n) is 14.2. The summed E-state index contributed by atoms with van der Waals surface area (Å²) < 4.78 is 6.85. The van der Waals surface area contributed by atoms with Crippen LogP contribution < -0.4 is 20.1 Å². The van der Waals surface area contributed by atoms with Crippen LogP contribution in [0.15, 0.2) is 294 Å². The summed E-state index contributed by atoms with van der Waals surface area (Å²) in [4.78, 5) is 7.87. The van der Waals surface area contributed by atoms with Crippen molar-refractivity contribution in [3.63, 3.8) is 0 Å². The minimum Gasteiger partial charge on any atom is -0.456 e. The van der Waals surface area contributed by atoms with Crippen LogP contribution in [0.1, 0.15) is 30.4 Å². The molecule has 0 fully saturated rings. The second kappa shape index (κ2) is 17.8. The van der Waals surface area contributed by atoms with E-state index in [1.54, 1.807) is 0 Å². The zero-order valence-corrected chi connectivity index (χ0v) is 43.0. The predicted octanol–water partition coefficient (Wildman–Crippen LogP) is 18.5. The first kappa shape index (κ1) is 44.7. The van der Waals surface area contributed by atoms with Gasteiger partial charge in [0.05, 0.1) is 11.1 Å². The third kappa shape index (κ3) is 6.67. The molecule has 0 saturated carbocycles. The third-order valence-corrected chi connectivity index (χ3v) is 17.3. The Kier molecular flexibility index (Phi) is 10.2. The lowest BCUT2D eigenvalue weighted by Crippen LogP contribution is -2.59. The molecule has 0 bridgehead atoms. The van der Waals surface area contributed by atoms with Crippen LogP contribution in [-0.4, -0.2) is 6.85 Å². The smallest absolute Gasteiger partial charge is 0.332 e. The molecule has 4 heterocycles. The van der Waals surface area contributed by atoms with Gasteiger partial charge in [0.2, 0.25) is 0 Å². The van der Waals surface area contributed by atoms with Crippen LogP contribution >= 0.6 is 0 Å². The Labute approximate surface area is 455 Å². The second-order valence-corrected chi connectivity index (χ2v) is 21.4. The molecule has 1 aromatic heterocycles. The number of benzene rings is 10. The lowest BCUT2D eigenvalue weighted by atomic mass is 9.40. The van der Waals surface area contributed by atoms with Gasteiger partial charge in [-0.15, -0.1) is 0 Å². The molecule has 2 unspecified atom stereocenters. The Morgan fingerprint density at radius 3 is 1.87 bits per heavy atom. The number of para-hydroxylation sites is 3. The highest BCUT2D eigenvalue weighted by Gasteiger charge is 2.57. The normalized spacial score (nSPS) is 17.6. The van der Waals surface area contributed by atoms with Crippen LogP contribution in [-0.2, 0) is 5.41 Å². The number of rotatable bonds is 8. The molecular weight excluding hydrogens is 946 g/mol. The Morgan fingerprint density at radius 2 is 1.15 bits per heavy atom. The van der Waals surface area contributed by atoms with Gasteiger partial charge < -0.3 is 19.0 Å². The van der Waals surface area contributed by atoms with E-state index in [9.17, 15) is 0 Å². The summed E-state index contributed by atoms with van der Waals surface area (Å²) in [6.07, 6.45) is 15.0. The fraction of sp³-hybridized carbons (Fsp3) is 0.0685. The number of fused-ring (bicyclic) bond motifs is 9. The van der Waals surface area contributed by atoms with E-state index < -0.39 is 5.41 Å². The summed E-state index contributed by atoms with van der Waals surface area (Å²) in [5.74, 6) is 0.0772. The van der Waals surface area contributed by atoms with Crippen molar-refractivity contribution in [1.29, 1.82) is 0 Å². The maximum absolute atomic E-state index is 6.85. The molecule has 0 amide bonds. The summed E-state index contributed by atoms with van der Waals surface area (Å²) >= 11 is 0. The molecule has 5 heteroatoms. The van der Waals surface area contributed by atoms with Gasteiger partial charge in [0.1, 0.15) is 11.2 Å². The maximum Gasteiger partial charge on any atom is 0.332 e. The molecule has 2 atom stereocenters. The van der Waals surface area contributed by atoms with Gasteiger partial charge in [0, 0.05) is 62.1 Å². The van der Waals surface area contributed by atoms with E-state index in [4.69, 9.17) is 4.42 Å². The number of nitrogens with zero attached hydrogens (tertiary/aromatic N) is 3. The minimum absolute atomic E-state index is 0.0772. The topological polar surface area (TPSA) is 22.9 Å². The van der Waals surface area contributed by atoms with Gasteiger partial charge in [0.15, 0.2) is 0 Å². The van der Waals surface area contributed by atoms with E-state index >= 15 is 0 Å². The molecule has 0 N–H and O–H groups in total.